The molecule has 1 fully saturated rings. The summed E-state index contributed by atoms with van der Waals surface area (Å²) in [6.07, 6.45) is 0. The van der Waals surface area contributed by atoms with Gasteiger partial charge in [0.15, 0.2) is 11.5 Å². The van der Waals surface area contributed by atoms with E-state index < -0.39 is 0 Å². The molecule has 1 aromatic carbocycles. The topological polar surface area (TPSA) is 50.7 Å². The summed E-state index contributed by atoms with van der Waals surface area (Å²) in [6.45, 7) is 3.48. The van der Waals surface area contributed by atoms with Crippen molar-refractivity contribution in [3.05, 3.63) is 23.8 Å². The summed E-state index contributed by atoms with van der Waals surface area (Å²) in [7, 11) is 1.55. The molecule has 4 heteroatoms. The number of nitrogens with one attached hydrogen (secondary N) is 1. The van der Waals surface area contributed by atoms with Crippen molar-refractivity contribution in [2.24, 2.45) is 0 Å². The maximum absolute atomic E-state index is 9.51. The van der Waals surface area contributed by atoms with E-state index in [2.05, 4.69) is 12.2 Å². The van der Waals surface area contributed by atoms with Crippen molar-refractivity contribution in [3.63, 3.8) is 0 Å². The molecule has 0 saturated carbocycles. The van der Waals surface area contributed by atoms with E-state index in [4.69, 9.17) is 9.47 Å². The highest BCUT2D eigenvalue weighted by molar-refractivity contribution is 5.42. The van der Waals surface area contributed by atoms with E-state index in [0.717, 1.165) is 12.2 Å². The number of ether oxygens (including phenoxy) is 2. The lowest BCUT2D eigenvalue weighted by Gasteiger charge is -2.29. The minimum atomic E-state index is 0.163. The molecule has 1 aliphatic rings. The monoisotopic (exact) mass is 223 g/mol. The molecule has 1 aromatic rings. The van der Waals surface area contributed by atoms with Crippen molar-refractivity contribution in [1.82, 2.24) is 5.32 Å². The van der Waals surface area contributed by atoms with Crippen LogP contribution in [0.15, 0.2) is 18.2 Å². The van der Waals surface area contributed by atoms with Gasteiger partial charge in [0.25, 0.3) is 0 Å². The van der Waals surface area contributed by atoms with Crippen LogP contribution < -0.4 is 10.1 Å². The molecule has 1 heterocycles. The predicted octanol–water partition coefficient (Wildman–Crippen LogP) is 1.45. The molecule has 0 radical (unpaired) electrons. The summed E-state index contributed by atoms with van der Waals surface area (Å²) >= 11 is 0. The third-order valence-corrected chi connectivity index (χ3v) is 2.74. The van der Waals surface area contributed by atoms with E-state index >= 15 is 0 Å². The van der Waals surface area contributed by atoms with Gasteiger partial charge in [0.1, 0.15) is 0 Å². The van der Waals surface area contributed by atoms with Crippen LogP contribution in [0.2, 0.25) is 0 Å². The molecule has 1 aliphatic heterocycles. The zero-order valence-corrected chi connectivity index (χ0v) is 9.56. The molecule has 2 N–H and O–H groups in total. The Hall–Kier alpha value is -1.26. The molecule has 0 amide bonds. The quantitative estimate of drug-likeness (QED) is 0.796. The van der Waals surface area contributed by atoms with Crippen LogP contribution in [0.25, 0.3) is 0 Å². The van der Waals surface area contributed by atoms with E-state index in [-0.39, 0.29) is 11.8 Å². The van der Waals surface area contributed by atoms with Crippen molar-refractivity contribution >= 4 is 0 Å². The molecule has 0 aliphatic carbocycles. The molecular weight excluding hydrogens is 206 g/mol. The number of rotatable bonds is 2. The number of hydrogen-bond donors (Lipinski definition) is 2. The maximum Gasteiger partial charge on any atom is 0.160 e. The summed E-state index contributed by atoms with van der Waals surface area (Å²) in [5, 5.41) is 12.9. The van der Waals surface area contributed by atoms with Crippen molar-refractivity contribution in [1.29, 1.82) is 0 Å². The lowest BCUT2D eigenvalue weighted by molar-refractivity contribution is 0.0503. The molecular formula is C12H17NO3. The fraction of sp³-hybridized carbons (Fsp3) is 0.500. The molecule has 4 nitrogen and oxygen atoms in total. The van der Waals surface area contributed by atoms with Crippen molar-refractivity contribution in [2.75, 3.05) is 20.3 Å². The maximum atomic E-state index is 9.51. The van der Waals surface area contributed by atoms with Crippen LogP contribution in [0.1, 0.15) is 18.5 Å². The second-order valence-corrected chi connectivity index (χ2v) is 4.09. The Bertz CT molecular complexity index is 367. The normalized spacial score (nSPS) is 25.4. The number of morpholine rings is 1. The van der Waals surface area contributed by atoms with Crippen LogP contribution in [-0.4, -0.2) is 31.5 Å². The summed E-state index contributed by atoms with van der Waals surface area (Å²) in [6, 6.07) is 5.89. The van der Waals surface area contributed by atoms with Crippen molar-refractivity contribution in [3.8, 4) is 11.5 Å². The van der Waals surface area contributed by atoms with Crippen molar-refractivity contribution in [2.45, 2.75) is 19.0 Å². The minimum absolute atomic E-state index is 0.163. The third kappa shape index (κ3) is 2.28. The molecule has 0 bridgehead atoms. The molecule has 2 rings (SSSR count). The fourth-order valence-corrected chi connectivity index (χ4v) is 1.91. The zero-order valence-electron chi connectivity index (χ0n) is 9.56. The number of phenols is 1. The van der Waals surface area contributed by atoms with E-state index in [1.165, 1.54) is 0 Å². The lowest BCUT2D eigenvalue weighted by atomic mass is 10.0. The second-order valence-electron chi connectivity index (χ2n) is 4.09. The van der Waals surface area contributed by atoms with Gasteiger partial charge in [-0.1, -0.05) is 6.07 Å². The smallest absolute Gasteiger partial charge is 0.160 e. The summed E-state index contributed by atoms with van der Waals surface area (Å²) in [5.74, 6) is 0.661. The summed E-state index contributed by atoms with van der Waals surface area (Å²) in [5.41, 5.74) is 1.07. The zero-order chi connectivity index (χ0) is 11.5. The van der Waals surface area contributed by atoms with Gasteiger partial charge in [-0.2, -0.15) is 0 Å². The molecule has 16 heavy (non-hydrogen) atoms. The van der Waals surface area contributed by atoms with Gasteiger partial charge in [-0.05, 0) is 24.6 Å². The average Bonchev–Trinajstić information content (AvgIpc) is 2.29. The Labute approximate surface area is 95.2 Å². The van der Waals surface area contributed by atoms with Crippen LogP contribution >= 0.6 is 0 Å². The van der Waals surface area contributed by atoms with Crippen LogP contribution in [-0.2, 0) is 4.74 Å². The van der Waals surface area contributed by atoms with Gasteiger partial charge in [0, 0.05) is 6.04 Å². The van der Waals surface area contributed by atoms with Gasteiger partial charge < -0.3 is 19.9 Å². The van der Waals surface area contributed by atoms with Gasteiger partial charge in [-0.15, -0.1) is 0 Å². The second kappa shape index (κ2) is 4.72. The van der Waals surface area contributed by atoms with E-state index in [1.807, 2.05) is 12.1 Å². The van der Waals surface area contributed by atoms with Gasteiger partial charge in [0.2, 0.25) is 0 Å². The van der Waals surface area contributed by atoms with Crippen LogP contribution in [0, 0.1) is 0 Å². The first-order valence-corrected chi connectivity index (χ1v) is 5.41. The first kappa shape index (κ1) is 11.2. The largest absolute Gasteiger partial charge is 0.504 e. The number of aromatic hydroxyl groups is 1. The van der Waals surface area contributed by atoms with E-state index in [1.54, 1.807) is 13.2 Å². The standard InChI is InChI=1S/C12H17NO3/c1-8-6-16-7-10(13-8)9-3-4-11(14)12(5-9)15-2/h3-5,8,10,13-14H,6-7H2,1-2H3. The number of benzene rings is 1. The minimum Gasteiger partial charge on any atom is -0.504 e. The number of methoxy groups -OCH3 is 1. The first-order chi connectivity index (χ1) is 7.70. The Balaban J connectivity index is 2.19. The average molecular weight is 223 g/mol. The van der Waals surface area contributed by atoms with Crippen molar-refractivity contribution < 1.29 is 14.6 Å². The van der Waals surface area contributed by atoms with Gasteiger partial charge >= 0.3 is 0 Å². The van der Waals surface area contributed by atoms with E-state index in [0.29, 0.717) is 18.4 Å². The highest BCUT2D eigenvalue weighted by Gasteiger charge is 2.20. The lowest BCUT2D eigenvalue weighted by Crippen LogP contribution is -2.41. The van der Waals surface area contributed by atoms with Crippen LogP contribution in [0.4, 0.5) is 0 Å². The molecule has 0 spiro atoms. The summed E-state index contributed by atoms with van der Waals surface area (Å²) in [4.78, 5) is 0. The van der Waals surface area contributed by atoms with Gasteiger partial charge in [0.05, 0.1) is 26.4 Å². The highest BCUT2D eigenvalue weighted by Crippen LogP contribution is 2.29. The Morgan fingerprint density at radius 1 is 1.44 bits per heavy atom. The van der Waals surface area contributed by atoms with Crippen LogP contribution in [0.5, 0.6) is 11.5 Å². The number of hydrogen-bond acceptors (Lipinski definition) is 4. The highest BCUT2D eigenvalue weighted by atomic mass is 16.5. The molecule has 1 saturated heterocycles. The van der Waals surface area contributed by atoms with Gasteiger partial charge in [-0.25, -0.2) is 0 Å². The Morgan fingerprint density at radius 3 is 2.94 bits per heavy atom. The fourth-order valence-electron chi connectivity index (χ4n) is 1.91. The molecule has 88 valence electrons. The van der Waals surface area contributed by atoms with Gasteiger partial charge in [-0.3, -0.25) is 0 Å². The summed E-state index contributed by atoms with van der Waals surface area (Å²) < 4.78 is 10.6. The molecule has 2 unspecified atom stereocenters. The van der Waals surface area contributed by atoms with E-state index in [9.17, 15) is 5.11 Å². The molecule has 2 atom stereocenters. The van der Waals surface area contributed by atoms with Crippen LogP contribution in [0.3, 0.4) is 0 Å². The Kier molecular flexibility index (Phi) is 3.31. The predicted molar refractivity (Wildman–Crippen MR) is 60.8 cm³/mol. The SMILES string of the molecule is COc1cc(C2COCC(C)N2)ccc1O. The Morgan fingerprint density at radius 2 is 2.25 bits per heavy atom. The third-order valence-electron chi connectivity index (χ3n) is 2.74. The number of phenolic OH excluding ortho intramolecular Hbond substituents is 1. The first-order valence-electron chi connectivity index (χ1n) is 5.41. The molecule has 0 aromatic heterocycles.